The van der Waals surface area contributed by atoms with E-state index in [9.17, 15) is 0 Å². The highest BCUT2D eigenvalue weighted by molar-refractivity contribution is 9.09. The van der Waals surface area contributed by atoms with E-state index >= 15 is 0 Å². The summed E-state index contributed by atoms with van der Waals surface area (Å²) in [4.78, 5) is 11.2. The largest absolute Gasteiger partial charge is 0.383 e. The van der Waals surface area contributed by atoms with Gasteiger partial charge < -0.3 is 9.64 Å². The second-order valence-corrected chi connectivity index (χ2v) is 5.15. The van der Waals surface area contributed by atoms with Crippen molar-refractivity contribution in [2.24, 2.45) is 0 Å². The summed E-state index contributed by atoms with van der Waals surface area (Å²) in [6.45, 7) is 5.44. The molecule has 5 heteroatoms. The van der Waals surface area contributed by atoms with Crippen molar-refractivity contribution < 1.29 is 4.74 Å². The topological polar surface area (TPSA) is 38.2 Å². The summed E-state index contributed by atoms with van der Waals surface area (Å²) in [7, 11) is 3.71. The lowest BCUT2D eigenvalue weighted by Gasteiger charge is -2.22. The summed E-state index contributed by atoms with van der Waals surface area (Å²) in [5, 5.41) is 0. The average molecular weight is 288 g/mol. The van der Waals surface area contributed by atoms with Gasteiger partial charge in [-0.2, -0.15) is 0 Å². The van der Waals surface area contributed by atoms with E-state index in [0.717, 1.165) is 23.8 Å². The smallest absolute Gasteiger partial charge is 0.150 e. The van der Waals surface area contributed by atoms with E-state index in [0.29, 0.717) is 11.4 Å². The molecule has 0 amide bonds. The molecule has 0 bridgehead atoms. The molecule has 16 heavy (non-hydrogen) atoms. The van der Waals surface area contributed by atoms with Crippen LogP contribution in [0.3, 0.4) is 0 Å². The molecule has 0 spiro atoms. The summed E-state index contributed by atoms with van der Waals surface area (Å²) < 4.78 is 5.08. The van der Waals surface area contributed by atoms with Crippen LogP contribution in [0.1, 0.15) is 11.4 Å². The molecule has 0 aromatic carbocycles. The normalized spacial score (nSPS) is 12.6. The number of ether oxygens (including phenoxy) is 1. The number of nitrogens with zero attached hydrogens (tertiary/aromatic N) is 3. The summed E-state index contributed by atoms with van der Waals surface area (Å²) in [6, 6.07) is 0. The number of halogens is 1. The van der Waals surface area contributed by atoms with Gasteiger partial charge in [-0.25, -0.2) is 4.98 Å². The minimum Gasteiger partial charge on any atom is -0.383 e. The summed E-state index contributed by atoms with van der Waals surface area (Å²) in [5.41, 5.74) is 1.88. The van der Waals surface area contributed by atoms with Crippen molar-refractivity contribution in [2.45, 2.75) is 18.7 Å². The van der Waals surface area contributed by atoms with E-state index < -0.39 is 0 Å². The fraction of sp³-hybridized carbons (Fsp3) is 0.636. The summed E-state index contributed by atoms with van der Waals surface area (Å²) >= 11 is 3.56. The average Bonchev–Trinajstić information content (AvgIpc) is 2.21. The number of hydrogen-bond donors (Lipinski definition) is 0. The molecule has 1 aromatic heterocycles. The Morgan fingerprint density at radius 1 is 1.50 bits per heavy atom. The molecule has 1 rings (SSSR count). The first-order valence-corrected chi connectivity index (χ1v) is 6.10. The van der Waals surface area contributed by atoms with Crippen LogP contribution < -0.4 is 4.90 Å². The molecular weight excluding hydrogens is 270 g/mol. The molecule has 1 aromatic rings. The first kappa shape index (κ1) is 13.4. The number of anilines is 1. The molecule has 0 aliphatic carbocycles. The van der Waals surface area contributed by atoms with Gasteiger partial charge in [0.2, 0.25) is 0 Å². The molecule has 1 atom stereocenters. The van der Waals surface area contributed by atoms with E-state index in [1.54, 1.807) is 13.3 Å². The Hall–Kier alpha value is -0.680. The number of methoxy groups -OCH3 is 1. The molecule has 0 N–H and O–H groups in total. The Kier molecular flexibility index (Phi) is 5.15. The van der Waals surface area contributed by atoms with Gasteiger partial charge in [-0.05, 0) is 13.8 Å². The van der Waals surface area contributed by atoms with Crippen molar-refractivity contribution >= 4 is 21.7 Å². The molecule has 0 saturated carbocycles. The van der Waals surface area contributed by atoms with Crippen LogP contribution in [0.15, 0.2) is 6.20 Å². The van der Waals surface area contributed by atoms with E-state index in [4.69, 9.17) is 4.74 Å². The number of hydrogen-bond acceptors (Lipinski definition) is 4. The van der Waals surface area contributed by atoms with Crippen LogP contribution in [0, 0.1) is 13.8 Å². The van der Waals surface area contributed by atoms with E-state index in [1.807, 2.05) is 20.9 Å². The van der Waals surface area contributed by atoms with Gasteiger partial charge in [-0.15, -0.1) is 0 Å². The summed E-state index contributed by atoms with van der Waals surface area (Å²) in [5.74, 6) is 0.931. The number of aromatic nitrogens is 2. The molecule has 0 radical (unpaired) electrons. The van der Waals surface area contributed by atoms with Crippen molar-refractivity contribution in [1.82, 2.24) is 9.97 Å². The van der Waals surface area contributed by atoms with Crippen LogP contribution in [0.25, 0.3) is 0 Å². The maximum Gasteiger partial charge on any atom is 0.150 e. The number of aryl methyl sites for hydroxylation is 2. The van der Waals surface area contributed by atoms with Crippen molar-refractivity contribution in [3.8, 4) is 0 Å². The quantitative estimate of drug-likeness (QED) is 0.776. The standard InChI is InChI=1S/C11H18BrN3O/c1-8-5-13-9(2)11(14-8)15(3)6-10(12)7-16-4/h5,10H,6-7H2,1-4H3. The number of alkyl halides is 1. The molecule has 1 unspecified atom stereocenters. The highest BCUT2D eigenvalue weighted by Crippen LogP contribution is 2.15. The molecule has 0 aliphatic rings. The Morgan fingerprint density at radius 2 is 2.19 bits per heavy atom. The third-order valence-electron chi connectivity index (χ3n) is 2.23. The zero-order valence-corrected chi connectivity index (χ0v) is 11.8. The predicted octanol–water partition coefficient (Wildman–Crippen LogP) is 1.94. The first-order chi connectivity index (χ1) is 7.54. The molecule has 4 nitrogen and oxygen atoms in total. The van der Waals surface area contributed by atoms with Crippen LogP contribution in [0.5, 0.6) is 0 Å². The zero-order chi connectivity index (χ0) is 12.1. The Balaban J connectivity index is 2.72. The van der Waals surface area contributed by atoms with E-state index in [1.165, 1.54) is 0 Å². The van der Waals surface area contributed by atoms with Crippen LogP contribution in [0.4, 0.5) is 5.82 Å². The van der Waals surface area contributed by atoms with Gasteiger partial charge in [0, 0.05) is 26.9 Å². The maximum atomic E-state index is 5.08. The van der Waals surface area contributed by atoms with E-state index in [-0.39, 0.29) is 0 Å². The Labute approximate surface area is 105 Å². The molecule has 0 fully saturated rings. The molecule has 90 valence electrons. The lowest BCUT2D eigenvalue weighted by atomic mass is 10.3. The number of rotatable bonds is 5. The van der Waals surface area contributed by atoms with Crippen molar-refractivity contribution in [1.29, 1.82) is 0 Å². The summed E-state index contributed by atoms with van der Waals surface area (Å²) in [6.07, 6.45) is 1.79. The van der Waals surface area contributed by atoms with Crippen molar-refractivity contribution in [3.63, 3.8) is 0 Å². The third-order valence-corrected chi connectivity index (χ3v) is 2.79. The highest BCUT2D eigenvalue weighted by atomic mass is 79.9. The second kappa shape index (κ2) is 6.15. The van der Waals surface area contributed by atoms with Gasteiger partial charge >= 0.3 is 0 Å². The molecule has 0 saturated heterocycles. The van der Waals surface area contributed by atoms with E-state index in [2.05, 4.69) is 30.8 Å². The molecule has 1 heterocycles. The lowest BCUT2D eigenvalue weighted by molar-refractivity contribution is 0.201. The van der Waals surface area contributed by atoms with Crippen LogP contribution in [0.2, 0.25) is 0 Å². The van der Waals surface area contributed by atoms with Crippen LogP contribution in [-0.2, 0) is 4.74 Å². The third kappa shape index (κ3) is 3.72. The van der Waals surface area contributed by atoms with Gasteiger partial charge in [-0.1, -0.05) is 15.9 Å². The molecule has 0 aliphatic heterocycles. The monoisotopic (exact) mass is 287 g/mol. The van der Waals surface area contributed by atoms with Gasteiger partial charge in [-0.3, -0.25) is 4.98 Å². The second-order valence-electron chi connectivity index (χ2n) is 3.85. The highest BCUT2D eigenvalue weighted by Gasteiger charge is 2.12. The van der Waals surface area contributed by atoms with Crippen molar-refractivity contribution in [2.75, 3.05) is 32.2 Å². The minimum atomic E-state index is 0.296. The van der Waals surface area contributed by atoms with Crippen molar-refractivity contribution in [3.05, 3.63) is 17.6 Å². The predicted molar refractivity (Wildman–Crippen MR) is 69.4 cm³/mol. The Morgan fingerprint density at radius 3 is 2.81 bits per heavy atom. The first-order valence-electron chi connectivity index (χ1n) is 5.19. The molecular formula is C11H18BrN3O. The fourth-order valence-electron chi connectivity index (χ4n) is 1.50. The SMILES string of the molecule is COCC(Br)CN(C)c1nc(C)cnc1C. The van der Waals surface area contributed by atoms with Crippen LogP contribution in [-0.4, -0.2) is 42.1 Å². The lowest BCUT2D eigenvalue weighted by Crippen LogP contribution is -2.29. The van der Waals surface area contributed by atoms with Gasteiger partial charge in [0.25, 0.3) is 0 Å². The van der Waals surface area contributed by atoms with Gasteiger partial charge in [0.15, 0.2) is 0 Å². The maximum absolute atomic E-state index is 5.08. The zero-order valence-electron chi connectivity index (χ0n) is 10.2. The Bertz CT molecular complexity index is 346. The van der Waals surface area contributed by atoms with Gasteiger partial charge in [0.05, 0.1) is 22.8 Å². The van der Waals surface area contributed by atoms with Crippen LogP contribution >= 0.6 is 15.9 Å². The minimum absolute atomic E-state index is 0.296. The fourth-order valence-corrected chi connectivity index (χ4v) is 2.20. The van der Waals surface area contributed by atoms with Gasteiger partial charge in [0.1, 0.15) is 5.82 Å².